The number of aromatic nitrogens is 1. The predicted molar refractivity (Wildman–Crippen MR) is 125 cm³/mol. The molecule has 2 aromatic rings. The van der Waals surface area contributed by atoms with Crippen LogP contribution in [0.5, 0.6) is 0 Å². The molecule has 4 rings (SSSR count). The number of hydrogen-bond acceptors (Lipinski definition) is 3. The third-order valence-electron chi connectivity index (χ3n) is 6.17. The van der Waals surface area contributed by atoms with E-state index in [0.29, 0.717) is 36.5 Å². The molecule has 1 aliphatic carbocycles. The molecule has 4 nitrogen and oxygen atoms in total. The van der Waals surface area contributed by atoms with E-state index in [2.05, 4.69) is 10.3 Å². The highest BCUT2D eigenvalue weighted by Crippen LogP contribution is 2.40. The Morgan fingerprint density at radius 1 is 1.15 bits per heavy atom. The minimum Gasteiger partial charge on any atom is -0.352 e. The van der Waals surface area contributed by atoms with Crippen molar-refractivity contribution in [2.45, 2.75) is 65.3 Å². The summed E-state index contributed by atoms with van der Waals surface area (Å²) in [5, 5.41) is 2.64. The molecular weight excluding hydrogens is 446 g/mol. The molecule has 0 saturated heterocycles. The molecule has 0 radical (unpaired) electrons. The maximum Gasteiger partial charge on any atom is 0.251 e. The lowest BCUT2D eigenvalue weighted by molar-refractivity contribution is -0.117. The Morgan fingerprint density at radius 3 is 2.59 bits per heavy atom. The van der Waals surface area contributed by atoms with Gasteiger partial charge in [0.2, 0.25) is 11.9 Å². The van der Waals surface area contributed by atoms with Gasteiger partial charge in [-0.25, -0.2) is 18.2 Å². The second kappa shape index (κ2) is 9.04. The Kier molecular flexibility index (Phi) is 6.44. The van der Waals surface area contributed by atoms with Crippen LogP contribution in [0.3, 0.4) is 0 Å². The van der Waals surface area contributed by atoms with Gasteiger partial charge < -0.3 is 10.2 Å². The molecule has 0 fully saturated rings. The largest absolute Gasteiger partial charge is 0.352 e. The number of hydrogen-bond donors (Lipinski definition) is 1. The summed E-state index contributed by atoms with van der Waals surface area (Å²) in [5.74, 6) is -3.94. The molecule has 0 spiro atoms. The van der Waals surface area contributed by atoms with E-state index in [1.165, 1.54) is 18.2 Å². The Morgan fingerprint density at radius 2 is 1.91 bits per heavy atom. The van der Waals surface area contributed by atoms with Crippen LogP contribution < -0.4 is 10.2 Å². The van der Waals surface area contributed by atoms with Crippen molar-refractivity contribution in [3.8, 4) is 0 Å². The number of nitrogens with one attached hydrogen (secondary N) is 1. The van der Waals surface area contributed by atoms with E-state index in [4.69, 9.17) is 0 Å². The number of alkyl halides is 2. The first-order valence-corrected chi connectivity index (χ1v) is 11.5. The summed E-state index contributed by atoms with van der Waals surface area (Å²) in [5.41, 5.74) is 2.40. The third kappa shape index (κ3) is 5.59. The van der Waals surface area contributed by atoms with E-state index in [-0.39, 0.29) is 42.1 Å². The number of anilines is 2. The Labute approximate surface area is 197 Å². The van der Waals surface area contributed by atoms with E-state index in [1.54, 1.807) is 12.1 Å². The maximum absolute atomic E-state index is 15.3. The first-order chi connectivity index (χ1) is 15.9. The summed E-state index contributed by atoms with van der Waals surface area (Å²) < 4.78 is 56.4. The van der Waals surface area contributed by atoms with Crippen LogP contribution >= 0.6 is 0 Å². The minimum absolute atomic E-state index is 0.0696. The van der Waals surface area contributed by atoms with Gasteiger partial charge in [0.1, 0.15) is 17.3 Å². The van der Waals surface area contributed by atoms with Crippen molar-refractivity contribution in [3.05, 3.63) is 58.8 Å². The first-order valence-electron chi connectivity index (χ1n) is 11.5. The first kappa shape index (κ1) is 24.2. The molecule has 182 valence electrons. The smallest absolute Gasteiger partial charge is 0.251 e. The quantitative estimate of drug-likeness (QED) is 0.406. The average Bonchev–Trinajstić information content (AvgIpc) is 2.73. The van der Waals surface area contributed by atoms with Crippen molar-refractivity contribution in [1.29, 1.82) is 0 Å². The fraction of sp³-hybridized carbons (Fsp3) is 0.462. The number of fused-ring (bicyclic) bond motifs is 1. The predicted octanol–water partition coefficient (Wildman–Crippen LogP) is 6.50. The van der Waals surface area contributed by atoms with Crippen LogP contribution in [-0.4, -0.2) is 23.4 Å². The van der Waals surface area contributed by atoms with Gasteiger partial charge >= 0.3 is 0 Å². The van der Waals surface area contributed by atoms with Crippen molar-refractivity contribution in [1.82, 2.24) is 4.98 Å². The number of carbonyl (C=O) groups is 1. The number of pyridine rings is 1. The van der Waals surface area contributed by atoms with Gasteiger partial charge in [0.05, 0.1) is 0 Å². The zero-order valence-corrected chi connectivity index (χ0v) is 19.7. The topological polar surface area (TPSA) is 45.2 Å². The number of carbonyl (C=O) groups excluding carboxylic acids is 1. The molecule has 1 N–H and O–H groups in total. The number of allylic oxidation sites excluding steroid dienone is 2. The summed E-state index contributed by atoms with van der Waals surface area (Å²) in [4.78, 5) is 18.6. The van der Waals surface area contributed by atoms with Crippen LogP contribution in [-0.2, 0) is 17.8 Å². The van der Waals surface area contributed by atoms with Crippen LogP contribution in [0.25, 0.3) is 5.57 Å². The van der Waals surface area contributed by atoms with Gasteiger partial charge in [0, 0.05) is 37.9 Å². The van der Waals surface area contributed by atoms with Gasteiger partial charge in [-0.2, -0.15) is 4.39 Å². The fourth-order valence-electron chi connectivity index (χ4n) is 4.46. The summed E-state index contributed by atoms with van der Waals surface area (Å²) in [6, 6.07) is 6.27. The van der Waals surface area contributed by atoms with Crippen LogP contribution in [0.2, 0.25) is 0 Å². The normalized spacial score (nSPS) is 17.7. The van der Waals surface area contributed by atoms with Gasteiger partial charge in [-0.05, 0) is 53.2 Å². The molecule has 1 aromatic carbocycles. The van der Waals surface area contributed by atoms with Gasteiger partial charge in [-0.1, -0.05) is 32.9 Å². The summed E-state index contributed by atoms with van der Waals surface area (Å²) in [6.07, 6.45) is 1.47. The molecule has 0 bridgehead atoms. The van der Waals surface area contributed by atoms with Crippen molar-refractivity contribution >= 4 is 23.0 Å². The highest BCUT2D eigenvalue weighted by atomic mass is 19.3. The van der Waals surface area contributed by atoms with Gasteiger partial charge in [0.25, 0.3) is 5.92 Å². The number of amides is 1. The zero-order chi connectivity index (χ0) is 24.7. The molecule has 2 aliphatic rings. The second-order valence-electron chi connectivity index (χ2n) is 10.4. The Hall–Kier alpha value is -2.90. The summed E-state index contributed by atoms with van der Waals surface area (Å²) >= 11 is 0. The van der Waals surface area contributed by atoms with Gasteiger partial charge in [-0.3, -0.25) is 4.79 Å². The number of halogens is 4. The van der Waals surface area contributed by atoms with Crippen molar-refractivity contribution in [2.24, 2.45) is 5.41 Å². The molecular formula is C26H29F4N3O. The maximum atomic E-state index is 15.3. The third-order valence-corrected chi connectivity index (χ3v) is 6.17. The van der Waals surface area contributed by atoms with E-state index >= 15 is 4.39 Å². The average molecular weight is 476 g/mol. The molecule has 8 heteroatoms. The molecule has 1 aromatic heterocycles. The molecule has 0 atom stereocenters. The number of rotatable bonds is 4. The number of nitrogens with zero attached hydrogens (tertiary/aromatic N) is 2. The van der Waals surface area contributed by atoms with E-state index in [9.17, 15) is 18.0 Å². The molecule has 0 unspecified atom stereocenters. The van der Waals surface area contributed by atoms with E-state index in [1.807, 2.05) is 25.7 Å². The minimum atomic E-state index is -2.79. The van der Waals surface area contributed by atoms with E-state index in [0.717, 1.165) is 11.1 Å². The lowest BCUT2D eigenvalue weighted by Gasteiger charge is -2.31. The zero-order valence-electron chi connectivity index (χ0n) is 19.7. The van der Waals surface area contributed by atoms with Crippen LogP contribution in [0.15, 0.2) is 30.3 Å². The summed E-state index contributed by atoms with van der Waals surface area (Å²) in [7, 11) is 0. The van der Waals surface area contributed by atoms with Gasteiger partial charge in [0.15, 0.2) is 0 Å². The number of benzene rings is 1. The SMILES string of the molecule is CC(C)(C)CC(=O)Nc1c(C2=CCC(F)(F)CC2)cc(N2CCc3cc(F)ccc3C2)nc1F. The molecule has 1 amide bonds. The highest BCUT2D eigenvalue weighted by molar-refractivity contribution is 5.95. The second-order valence-corrected chi connectivity index (χ2v) is 10.4. The van der Waals surface area contributed by atoms with Crippen LogP contribution in [0.1, 0.15) is 63.1 Å². The fourth-order valence-corrected chi connectivity index (χ4v) is 4.46. The van der Waals surface area contributed by atoms with Crippen molar-refractivity contribution in [2.75, 3.05) is 16.8 Å². The van der Waals surface area contributed by atoms with Crippen molar-refractivity contribution < 1.29 is 22.4 Å². The molecule has 0 saturated carbocycles. The van der Waals surface area contributed by atoms with Crippen molar-refractivity contribution in [3.63, 3.8) is 0 Å². The molecule has 2 heterocycles. The van der Waals surface area contributed by atoms with Gasteiger partial charge in [-0.15, -0.1) is 0 Å². The Bertz CT molecular complexity index is 1140. The molecule has 34 heavy (non-hydrogen) atoms. The summed E-state index contributed by atoms with van der Waals surface area (Å²) in [6.45, 7) is 6.63. The van der Waals surface area contributed by atoms with Crippen LogP contribution in [0, 0.1) is 17.2 Å². The lowest BCUT2D eigenvalue weighted by atomic mass is 9.90. The standard InChI is InChI=1S/C26H29F4N3O/c1-25(2,3)14-22(34)32-23-20(16-6-9-26(29,30)10-7-16)13-21(31-24(23)28)33-11-8-17-12-19(27)5-4-18(17)15-33/h4-6,12-13H,7-11,14-15H2,1-3H3,(H,32,34). The van der Waals surface area contributed by atoms with E-state index < -0.39 is 18.3 Å². The monoisotopic (exact) mass is 475 g/mol. The highest BCUT2D eigenvalue weighted by Gasteiger charge is 2.33. The van der Waals surface area contributed by atoms with Crippen LogP contribution in [0.4, 0.5) is 29.1 Å². The Balaban J connectivity index is 1.70. The lowest BCUT2D eigenvalue weighted by Crippen LogP contribution is -2.31. The molecule has 1 aliphatic heterocycles.